The first kappa shape index (κ1) is 20.5. The molecule has 1 aliphatic rings. The fourth-order valence-corrected chi connectivity index (χ4v) is 2.94. The van der Waals surface area contributed by atoms with Crippen LogP contribution in [0.1, 0.15) is 42.5 Å². The predicted molar refractivity (Wildman–Crippen MR) is 99.8 cm³/mol. The number of hydrogen-bond acceptors (Lipinski definition) is 3. The molecule has 1 aliphatic carbocycles. The van der Waals surface area contributed by atoms with Crippen molar-refractivity contribution in [1.82, 2.24) is 10.2 Å². The van der Waals surface area contributed by atoms with Crippen molar-refractivity contribution < 1.29 is 9.59 Å². The number of halogens is 1. The molecular weight excluding hydrogens is 326 g/mol. The third-order valence-electron chi connectivity index (χ3n) is 4.40. The minimum atomic E-state index is -0.0333. The molecule has 0 saturated heterocycles. The fourth-order valence-electron chi connectivity index (χ4n) is 2.94. The second kappa shape index (κ2) is 10.3. The molecule has 0 heterocycles. The van der Waals surface area contributed by atoms with E-state index >= 15 is 0 Å². The first-order valence-electron chi connectivity index (χ1n) is 8.43. The average molecular weight is 354 g/mol. The van der Waals surface area contributed by atoms with Gasteiger partial charge in [-0.2, -0.15) is 0 Å². The van der Waals surface area contributed by atoms with Crippen LogP contribution in [0, 0.1) is 5.92 Å². The summed E-state index contributed by atoms with van der Waals surface area (Å²) in [5, 5.41) is 5.99. The van der Waals surface area contributed by atoms with E-state index in [1.165, 1.54) is 6.42 Å². The van der Waals surface area contributed by atoms with Crippen LogP contribution in [0.4, 0.5) is 5.69 Å². The lowest BCUT2D eigenvalue weighted by Gasteiger charge is -2.21. The third-order valence-corrected chi connectivity index (χ3v) is 4.40. The van der Waals surface area contributed by atoms with E-state index in [0.29, 0.717) is 17.8 Å². The Labute approximate surface area is 150 Å². The van der Waals surface area contributed by atoms with E-state index in [9.17, 15) is 9.59 Å². The molecule has 2 rings (SSSR count). The number of carbonyl (C=O) groups is 2. The van der Waals surface area contributed by atoms with Crippen molar-refractivity contribution in [3.05, 3.63) is 29.8 Å². The third kappa shape index (κ3) is 5.80. The van der Waals surface area contributed by atoms with Crippen LogP contribution in [0.25, 0.3) is 0 Å². The number of amides is 2. The maximum absolute atomic E-state index is 12.4. The normalized spacial score (nSPS) is 14.6. The summed E-state index contributed by atoms with van der Waals surface area (Å²) in [7, 11) is 3.65. The molecule has 6 heteroatoms. The molecule has 0 unspecified atom stereocenters. The molecule has 134 valence electrons. The van der Waals surface area contributed by atoms with E-state index in [1.807, 2.05) is 19.2 Å². The zero-order valence-electron chi connectivity index (χ0n) is 14.5. The molecular formula is C18H28ClN3O2. The Kier molecular flexibility index (Phi) is 8.79. The van der Waals surface area contributed by atoms with E-state index < -0.39 is 0 Å². The Morgan fingerprint density at radius 1 is 1.21 bits per heavy atom. The molecule has 0 aromatic heterocycles. The molecule has 2 N–H and O–H groups in total. The highest BCUT2D eigenvalue weighted by atomic mass is 35.5. The first-order chi connectivity index (χ1) is 11.1. The lowest BCUT2D eigenvalue weighted by atomic mass is 9.88. The highest BCUT2D eigenvalue weighted by Gasteiger charge is 2.21. The minimum Gasteiger partial charge on any atom is -0.340 e. The zero-order valence-corrected chi connectivity index (χ0v) is 15.3. The number of benzene rings is 1. The summed E-state index contributed by atoms with van der Waals surface area (Å²) in [6.07, 6.45) is 5.43. The molecule has 1 saturated carbocycles. The highest BCUT2D eigenvalue weighted by Crippen LogP contribution is 2.25. The summed E-state index contributed by atoms with van der Waals surface area (Å²) in [4.78, 5) is 26.4. The monoisotopic (exact) mass is 353 g/mol. The zero-order chi connectivity index (χ0) is 16.7. The van der Waals surface area contributed by atoms with Gasteiger partial charge in [-0.1, -0.05) is 25.3 Å². The number of anilines is 1. The Bertz CT molecular complexity index is 545. The maximum Gasteiger partial charge on any atom is 0.253 e. The van der Waals surface area contributed by atoms with E-state index in [2.05, 4.69) is 10.6 Å². The van der Waals surface area contributed by atoms with Gasteiger partial charge in [0.05, 0.1) is 0 Å². The van der Waals surface area contributed by atoms with E-state index in [4.69, 9.17) is 0 Å². The Morgan fingerprint density at radius 3 is 2.58 bits per heavy atom. The van der Waals surface area contributed by atoms with E-state index in [0.717, 1.165) is 32.2 Å². The molecule has 1 aromatic carbocycles. The van der Waals surface area contributed by atoms with Gasteiger partial charge in [0.15, 0.2) is 0 Å². The molecule has 5 nitrogen and oxygen atoms in total. The van der Waals surface area contributed by atoms with Crippen LogP contribution in [-0.2, 0) is 4.79 Å². The average Bonchev–Trinajstić information content (AvgIpc) is 2.60. The van der Waals surface area contributed by atoms with Gasteiger partial charge in [-0.15, -0.1) is 12.4 Å². The molecule has 0 radical (unpaired) electrons. The summed E-state index contributed by atoms with van der Waals surface area (Å²) in [6.45, 7) is 1.40. The molecule has 2 amide bonds. The molecule has 1 fully saturated rings. The highest BCUT2D eigenvalue weighted by molar-refractivity contribution is 5.97. The van der Waals surface area contributed by atoms with Crippen molar-refractivity contribution in [2.45, 2.75) is 32.1 Å². The van der Waals surface area contributed by atoms with Crippen LogP contribution in [0.15, 0.2) is 24.3 Å². The number of likely N-dealkylation sites (N-methyl/N-ethyl adjacent to an activating group) is 2. The second-order valence-corrected chi connectivity index (χ2v) is 6.24. The molecule has 24 heavy (non-hydrogen) atoms. The van der Waals surface area contributed by atoms with Crippen LogP contribution >= 0.6 is 12.4 Å². The lowest BCUT2D eigenvalue weighted by Crippen LogP contribution is -2.32. The Balaban J connectivity index is 0.00000288. The van der Waals surface area contributed by atoms with Crippen molar-refractivity contribution in [3.63, 3.8) is 0 Å². The van der Waals surface area contributed by atoms with E-state index in [1.54, 1.807) is 24.1 Å². The van der Waals surface area contributed by atoms with Crippen molar-refractivity contribution in [2.24, 2.45) is 5.92 Å². The fraction of sp³-hybridized carbons (Fsp3) is 0.556. The second-order valence-electron chi connectivity index (χ2n) is 6.24. The minimum absolute atomic E-state index is 0. The molecule has 0 atom stereocenters. The predicted octanol–water partition coefficient (Wildman–Crippen LogP) is 2.92. The Hall–Kier alpha value is -1.59. The standard InChI is InChI=1S/C18H27N3O2.ClH/c1-19-11-12-21(2)18(23)15-9-6-10-16(13-15)20-17(22)14-7-4-3-5-8-14;/h6,9-10,13-14,19H,3-5,7-8,11-12H2,1-2H3,(H,20,22);1H. The van der Waals surface area contributed by atoms with Crippen molar-refractivity contribution in [3.8, 4) is 0 Å². The Morgan fingerprint density at radius 2 is 1.92 bits per heavy atom. The summed E-state index contributed by atoms with van der Waals surface area (Å²) in [5.41, 5.74) is 1.30. The first-order valence-corrected chi connectivity index (χ1v) is 8.43. The summed E-state index contributed by atoms with van der Waals surface area (Å²) < 4.78 is 0. The molecule has 0 bridgehead atoms. The summed E-state index contributed by atoms with van der Waals surface area (Å²) in [6, 6.07) is 7.20. The number of nitrogens with one attached hydrogen (secondary N) is 2. The quantitative estimate of drug-likeness (QED) is 0.826. The van der Waals surface area contributed by atoms with Gasteiger partial charge < -0.3 is 15.5 Å². The molecule has 0 aliphatic heterocycles. The van der Waals surface area contributed by atoms with Gasteiger partial charge in [0.1, 0.15) is 0 Å². The van der Waals surface area contributed by atoms with Gasteiger partial charge in [-0.05, 0) is 38.1 Å². The molecule has 0 spiro atoms. The van der Waals surface area contributed by atoms with Gasteiger partial charge in [-0.25, -0.2) is 0 Å². The summed E-state index contributed by atoms with van der Waals surface area (Å²) in [5.74, 6) is 0.160. The largest absolute Gasteiger partial charge is 0.340 e. The number of hydrogen-bond donors (Lipinski definition) is 2. The number of rotatable bonds is 6. The lowest BCUT2D eigenvalue weighted by molar-refractivity contribution is -0.120. The smallest absolute Gasteiger partial charge is 0.253 e. The maximum atomic E-state index is 12.4. The van der Waals surface area contributed by atoms with Crippen LogP contribution in [-0.4, -0.2) is 43.9 Å². The SMILES string of the molecule is CNCCN(C)C(=O)c1cccc(NC(=O)C2CCCCC2)c1.Cl. The van der Waals surface area contributed by atoms with Crippen molar-refractivity contribution >= 4 is 29.9 Å². The van der Waals surface area contributed by atoms with Crippen molar-refractivity contribution in [2.75, 3.05) is 32.5 Å². The summed E-state index contributed by atoms with van der Waals surface area (Å²) >= 11 is 0. The van der Waals surface area contributed by atoms with Gasteiger partial charge >= 0.3 is 0 Å². The van der Waals surface area contributed by atoms with Crippen molar-refractivity contribution in [1.29, 1.82) is 0 Å². The van der Waals surface area contributed by atoms with Crippen LogP contribution in [0.2, 0.25) is 0 Å². The van der Waals surface area contributed by atoms with Gasteiger partial charge in [0.2, 0.25) is 5.91 Å². The molecule has 1 aromatic rings. The van der Waals surface area contributed by atoms with Gasteiger partial charge in [0.25, 0.3) is 5.91 Å². The van der Waals surface area contributed by atoms with Crippen LogP contribution < -0.4 is 10.6 Å². The van der Waals surface area contributed by atoms with Gasteiger partial charge in [0, 0.05) is 37.3 Å². The number of nitrogens with zero attached hydrogens (tertiary/aromatic N) is 1. The van der Waals surface area contributed by atoms with Crippen LogP contribution in [0.3, 0.4) is 0 Å². The van der Waals surface area contributed by atoms with Crippen LogP contribution in [0.5, 0.6) is 0 Å². The topological polar surface area (TPSA) is 61.4 Å². The van der Waals surface area contributed by atoms with Gasteiger partial charge in [-0.3, -0.25) is 9.59 Å². The van der Waals surface area contributed by atoms with E-state index in [-0.39, 0.29) is 30.1 Å². The number of carbonyl (C=O) groups excluding carboxylic acids is 2.